The fourth-order valence-corrected chi connectivity index (χ4v) is 3.67. The molecule has 114 valence electrons. The zero-order valence-electron chi connectivity index (χ0n) is 13.8. The highest BCUT2D eigenvalue weighted by Gasteiger charge is 2.66. The molecule has 0 saturated heterocycles. The number of rotatable bonds is 6. The van der Waals surface area contributed by atoms with Crippen LogP contribution in [-0.4, -0.2) is 15.8 Å². The van der Waals surface area contributed by atoms with Crippen molar-refractivity contribution in [3.05, 3.63) is 18.0 Å². The number of nitrogens with zero attached hydrogens (tertiary/aromatic N) is 2. The van der Waals surface area contributed by atoms with Crippen molar-refractivity contribution in [3.8, 4) is 0 Å². The molecule has 3 N–H and O–H groups in total. The van der Waals surface area contributed by atoms with E-state index in [9.17, 15) is 0 Å². The third-order valence-corrected chi connectivity index (χ3v) is 5.88. The molecule has 0 spiro atoms. The van der Waals surface area contributed by atoms with Crippen molar-refractivity contribution in [2.24, 2.45) is 22.6 Å². The van der Waals surface area contributed by atoms with Crippen LogP contribution in [0.2, 0.25) is 0 Å². The van der Waals surface area contributed by atoms with Crippen molar-refractivity contribution < 1.29 is 0 Å². The second kappa shape index (κ2) is 5.15. The van der Waals surface area contributed by atoms with Crippen molar-refractivity contribution in [2.75, 3.05) is 0 Å². The van der Waals surface area contributed by atoms with E-state index in [0.717, 1.165) is 18.5 Å². The Morgan fingerprint density at radius 1 is 1.35 bits per heavy atom. The van der Waals surface area contributed by atoms with E-state index in [1.54, 1.807) is 0 Å². The van der Waals surface area contributed by atoms with Crippen LogP contribution in [0.4, 0.5) is 0 Å². The van der Waals surface area contributed by atoms with Gasteiger partial charge in [-0.25, -0.2) is 0 Å². The molecule has 0 aromatic carbocycles. The summed E-state index contributed by atoms with van der Waals surface area (Å²) < 4.78 is 2.06. The fourth-order valence-electron chi connectivity index (χ4n) is 3.67. The summed E-state index contributed by atoms with van der Waals surface area (Å²) in [6, 6.07) is 2.88. The van der Waals surface area contributed by atoms with Crippen molar-refractivity contribution in [2.45, 2.75) is 66.5 Å². The Balaban J connectivity index is 2.07. The lowest BCUT2D eigenvalue weighted by Gasteiger charge is -2.17. The zero-order valence-corrected chi connectivity index (χ0v) is 13.8. The van der Waals surface area contributed by atoms with E-state index in [4.69, 9.17) is 10.9 Å². The van der Waals surface area contributed by atoms with Crippen molar-refractivity contribution in [3.63, 3.8) is 0 Å². The quantitative estimate of drug-likeness (QED) is 0.621. The van der Waals surface area contributed by atoms with Crippen LogP contribution in [0.25, 0.3) is 0 Å². The van der Waals surface area contributed by atoms with Gasteiger partial charge in [0.05, 0.1) is 5.69 Å². The van der Waals surface area contributed by atoms with Crippen molar-refractivity contribution in [1.29, 1.82) is 0 Å². The molecule has 4 heteroatoms. The molecule has 1 aromatic rings. The van der Waals surface area contributed by atoms with Crippen LogP contribution in [0.15, 0.2) is 12.3 Å². The average Bonchev–Trinajstić information content (AvgIpc) is 2.76. The molecule has 2 atom stereocenters. The minimum atomic E-state index is 0.292. The molecule has 0 bridgehead atoms. The minimum absolute atomic E-state index is 0.292. The first-order valence-electron chi connectivity index (χ1n) is 7.75. The van der Waals surface area contributed by atoms with Crippen LogP contribution in [0.5, 0.6) is 0 Å². The third-order valence-electron chi connectivity index (χ3n) is 5.88. The number of aromatic nitrogens is 2. The summed E-state index contributed by atoms with van der Waals surface area (Å²) in [7, 11) is 0. The van der Waals surface area contributed by atoms with Gasteiger partial charge >= 0.3 is 0 Å². The number of nitrogens with two attached hydrogens (primary N) is 1. The molecule has 1 aliphatic carbocycles. The average molecular weight is 278 g/mol. The van der Waals surface area contributed by atoms with Gasteiger partial charge in [-0.05, 0) is 36.2 Å². The highest BCUT2D eigenvalue weighted by molar-refractivity contribution is 5.18. The monoisotopic (exact) mass is 278 g/mol. The third kappa shape index (κ3) is 2.40. The molecule has 4 nitrogen and oxygen atoms in total. The van der Waals surface area contributed by atoms with E-state index in [-0.39, 0.29) is 0 Å². The lowest BCUT2D eigenvalue weighted by Crippen LogP contribution is -2.40. The molecule has 2 unspecified atom stereocenters. The molecule has 20 heavy (non-hydrogen) atoms. The van der Waals surface area contributed by atoms with Gasteiger partial charge < -0.3 is 0 Å². The molecule has 0 amide bonds. The van der Waals surface area contributed by atoms with Gasteiger partial charge in [0.1, 0.15) is 0 Å². The lowest BCUT2D eigenvalue weighted by atomic mass is 10.0. The first-order chi connectivity index (χ1) is 9.25. The Labute approximate surface area is 123 Å². The highest BCUT2D eigenvalue weighted by Crippen LogP contribution is 2.69. The van der Waals surface area contributed by atoms with E-state index < -0.39 is 0 Å². The molecule has 1 fully saturated rings. The number of hydrogen-bond acceptors (Lipinski definition) is 3. The van der Waals surface area contributed by atoms with E-state index in [1.807, 2.05) is 0 Å². The topological polar surface area (TPSA) is 55.9 Å². The van der Waals surface area contributed by atoms with Crippen LogP contribution in [0.3, 0.4) is 0 Å². The van der Waals surface area contributed by atoms with E-state index in [0.29, 0.717) is 28.8 Å². The second-order valence-electron chi connectivity index (χ2n) is 7.44. The summed E-state index contributed by atoms with van der Waals surface area (Å²) in [5.41, 5.74) is 4.83. The number of hydrogen-bond donors (Lipinski definition) is 2. The molecule has 0 radical (unpaired) electrons. The first-order valence-corrected chi connectivity index (χ1v) is 7.75. The standard InChI is InChI=1S/C16H30N4/c1-7-11(2)20-9-8-12(19-20)10-13(18-17)14-15(3,4)16(14,5)6/h8-9,11,13-14,18H,7,10,17H2,1-6H3. The highest BCUT2D eigenvalue weighted by atomic mass is 15.3. The second-order valence-corrected chi connectivity index (χ2v) is 7.44. The van der Waals surface area contributed by atoms with Gasteiger partial charge in [0, 0.05) is 24.7 Å². The van der Waals surface area contributed by atoms with Crippen LogP contribution in [-0.2, 0) is 6.42 Å². The predicted molar refractivity (Wildman–Crippen MR) is 83.1 cm³/mol. The Morgan fingerprint density at radius 2 is 1.95 bits per heavy atom. The Hall–Kier alpha value is -0.870. The van der Waals surface area contributed by atoms with E-state index in [1.165, 1.54) is 0 Å². The van der Waals surface area contributed by atoms with Crippen LogP contribution < -0.4 is 11.3 Å². The van der Waals surface area contributed by atoms with E-state index >= 15 is 0 Å². The Morgan fingerprint density at radius 3 is 2.40 bits per heavy atom. The largest absolute Gasteiger partial charge is 0.271 e. The fraction of sp³-hybridized carbons (Fsp3) is 0.812. The van der Waals surface area contributed by atoms with Gasteiger partial charge in [-0.2, -0.15) is 5.10 Å². The number of nitrogens with one attached hydrogen (secondary N) is 1. The van der Waals surface area contributed by atoms with Gasteiger partial charge in [-0.15, -0.1) is 0 Å². The molecule has 1 heterocycles. The zero-order chi connectivity index (χ0) is 15.1. The molecular weight excluding hydrogens is 248 g/mol. The summed E-state index contributed by atoms with van der Waals surface area (Å²) in [6.07, 6.45) is 4.08. The normalized spacial score (nSPS) is 23.6. The first kappa shape index (κ1) is 15.5. The predicted octanol–water partition coefficient (Wildman–Crippen LogP) is 2.91. The summed E-state index contributed by atoms with van der Waals surface area (Å²) in [5.74, 6) is 6.40. The summed E-state index contributed by atoms with van der Waals surface area (Å²) in [4.78, 5) is 0. The van der Waals surface area contributed by atoms with Gasteiger partial charge in [-0.1, -0.05) is 34.6 Å². The maximum atomic E-state index is 5.81. The molecule has 2 rings (SSSR count). The van der Waals surface area contributed by atoms with Gasteiger partial charge in [0.25, 0.3) is 0 Å². The smallest absolute Gasteiger partial charge is 0.0640 e. The van der Waals surface area contributed by atoms with Crippen LogP contribution in [0, 0.1) is 16.7 Å². The van der Waals surface area contributed by atoms with Crippen LogP contribution >= 0.6 is 0 Å². The maximum Gasteiger partial charge on any atom is 0.0640 e. The SMILES string of the molecule is CCC(C)n1ccc(CC(NN)C2C(C)(C)C2(C)C)n1. The molecule has 0 aliphatic heterocycles. The summed E-state index contributed by atoms with van der Waals surface area (Å²) in [6.45, 7) is 13.7. The van der Waals surface area contributed by atoms with Crippen LogP contribution in [0.1, 0.15) is 59.7 Å². The maximum absolute atomic E-state index is 5.81. The van der Waals surface area contributed by atoms with Crippen molar-refractivity contribution in [1.82, 2.24) is 15.2 Å². The summed E-state index contributed by atoms with van der Waals surface area (Å²) in [5, 5.41) is 4.70. The van der Waals surface area contributed by atoms with Crippen molar-refractivity contribution >= 4 is 0 Å². The minimum Gasteiger partial charge on any atom is -0.271 e. The number of hydrazine groups is 1. The Kier molecular flexibility index (Phi) is 4.00. The molecule has 1 saturated carbocycles. The van der Waals surface area contributed by atoms with Gasteiger partial charge in [0.2, 0.25) is 0 Å². The molecular formula is C16H30N4. The summed E-state index contributed by atoms with van der Waals surface area (Å²) >= 11 is 0. The molecule has 1 aliphatic rings. The molecule has 1 aromatic heterocycles. The van der Waals surface area contributed by atoms with Gasteiger partial charge in [-0.3, -0.25) is 16.0 Å². The van der Waals surface area contributed by atoms with Gasteiger partial charge in [0.15, 0.2) is 0 Å². The Bertz CT molecular complexity index is 447. The lowest BCUT2D eigenvalue weighted by molar-refractivity contribution is 0.395. The van der Waals surface area contributed by atoms with E-state index in [2.05, 4.69) is 63.9 Å².